The fraction of sp³-hybridized carbons (Fsp3) is 0.250. The monoisotopic (exact) mass is 238 g/mol. The fourth-order valence-corrected chi connectivity index (χ4v) is 1.24. The van der Waals surface area contributed by atoms with E-state index in [-0.39, 0.29) is 17.2 Å². The lowest BCUT2D eigenvalue weighted by Gasteiger charge is -2.09. The van der Waals surface area contributed by atoms with Crippen LogP contribution in [0.3, 0.4) is 0 Å². The summed E-state index contributed by atoms with van der Waals surface area (Å²) < 4.78 is 14.4. The molecule has 0 amide bonds. The van der Waals surface area contributed by atoms with E-state index >= 15 is 0 Å². The maximum absolute atomic E-state index is 10.9. The first-order valence-electron chi connectivity index (χ1n) is 4.83. The SMILES string of the molecule is COC(=O)/C=C\c1cc(OC)c(O)c(OC)c1. The molecule has 0 heterocycles. The quantitative estimate of drug-likeness (QED) is 0.637. The molecule has 0 aliphatic heterocycles. The first-order valence-corrected chi connectivity index (χ1v) is 4.83. The normalized spacial score (nSPS) is 10.3. The van der Waals surface area contributed by atoms with E-state index in [9.17, 15) is 9.90 Å². The number of phenolic OH excluding ortho intramolecular Hbond substituents is 1. The molecule has 0 radical (unpaired) electrons. The van der Waals surface area contributed by atoms with E-state index < -0.39 is 5.97 Å². The lowest BCUT2D eigenvalue weighted by Crippen LogP contribution is -1.94. The molecule has 0 aliphatic rings. The van der Waals surface area contributed by atoms with E-state index in [2.05, 4.69) is 4.74 Å². The van der Waals surface area contributed by atoms with Gasteiger partial charge in [0.1, 0.15) is 0 Å². The Morgan fingerprint density at radius 3 is 2.12 bits per heavy atom. The van der Waals surface area contributed by atoms with Crippen molar-refractivity contribution >= 4 is 12.0 Å². The summed E-state index contributed by atoms with van der Waals surface area (Å²) in [7, 11) is 4.16. The van der Waals surface area contributed by atoms with E-state index in [0.717, 1.165) is 0 Å². The Bertz CT molecular complexity index is 412. The lowest BCUT2D eigenvalue weighted by atomic mass is 10.1. The average molecular weight is 238 g/mol. The van der Waals surface area contributed by atoms with Gasteiger partial charge in [0.2, 0.25) is 5.75 Å². The fourth-order valence-electron chi connectivity index (χ4n) is 1.24. The van der Waals surface area contributed by atoms with Crippen molar-refractivity contribution in [2.45, 2.75) is 0 Å². The van der Waals surface area contributed by atoms with Gasteiger partial charge in [-0.3, -0.25) is 0 Å². The Hall–Kier alpha value is -2.17. The van der Waals surface area contributed by atoms with Gasteiger partial charge in [-0.1, -0.05) is 0 Å². The summed E-state index contributed by atoms with van der Waals surface area (Å²) >= 11 is 0. The molecular weight excluding hydrogens is 224 g/mol. The molecule has 0 fully saturated rings. The second kappa shape index (κ2) is 5.79. The molecule has 0 spiro atoms. The number of hydrogen-bond acceptors (Lipinski definition) is 5. The zero-order chi connectivity index (χ0) is 12.8. The standard InChI is InChI=1S/C12H14O5/c1-15-9-6-8(4-5-11(13)17-3)7-10(16-2)12(9)14/h4-7,14H,1-3H3/b5-4-. The molecule has 92 valence electrons. The molecule has 1 aromatic carbocycles. The largest absolute Gasteiger partial charge is 0.502 e. The van der Waals surface area contributed by atoms with Crippen molar-refractivity contribution in [2.75, 3.05) is 21.3 Å². The van der Waals surface area contributed by atoms with Crippen LogP contribution in [0, 0.1) is 0 Å². The summed E-state index contributed by atoms with van der Waals surface area (Å²) in [6.45, 7) is 0. The van der Waals surface area contributed by atoms with Gasteiger partial charge >= 0.3 is 5.97 Å². The first-order chi connectivity index (χ1) is 8.12. The van der Waals surface area contributed by atoms with Gasteiger partial charge in [-0.25, -0.2) is 4.79 Å². The van der Waals surface area contributed by atoms with E-state index in [0.29, 0.717) is 5.56 Å². The van der Waals surface area contributed by atoms with Crippen molar-refractivity contribution in [2.24, 2.45) is 0 Å². The predicted molar refractivity (Wildman–Crippen MR) is 62.3 cm³/mol. The third-order valence-corrected chi connectivity index (χ3v) is 2.12. The number of phenols is 1. The molecule has 0 saturated heterocycles. The molecular formula is C12H14O5. The first kappa shape index (κ1) is 12.9. The highest BCUT2D eigenvalue weighted by atomic mass is 16.5. The molecule has 0 saturated carbocycles. The van der Waals surface area contributed by atoms with E-state index in [1.807, 2.05) is 0 Å². The van der Waals surface area contributed by atoms with Crippen LogP contribution in [0.4, 0.5) is 0 Å². The van der Waals surface area contributed by atoms with E-state index in [1.165, 1.54) is 33.5 Å². The Morgan fingerprint density at radius 1 is 1.18 bits per heavy atom. The van der Waals surface area contributed by atoms with Crippen molar-refractivity contribution in [3.8, 4) is 17.2 Å². The smallest absolute Gasteiger partial charge is 0.330 e. The second-order valence-corrected chi connectivity index (χ2v) is 3.13. The number of benzene rings is 1. The highest BCUT2D eigenvalue weighted by Gasteiger charge is 2.09. The van der Waals surface area contributed by atoms with E-state index in [1.54, 1.807) is 12.1 Å². The number of hydrogen-bond donors (Lipinski definition) is 1. The van der Waals surface area contributed by atoms with Crippen molar-refractivity contribution in [3.63, 3.8) is 0 Å². The molecule has 1 rings (SSSR count). The van der Waals surface area contributed by atoms with Crippen molar-refractivity contribution in [1.29, 1.82) is 0 Å². The van der Waals surface area contributed by atoms with Gasteiger partial charge in [0, 0.05) is 6.08 Å². The molecule has 1 N–H and O–H groups in total. The van der Waals surface area contributed by atoms with Gasteiger partial charge in [0.25, 0.3) is 0 Å². The zero-order valence-corrected chi connectivity index (χ0v) is 9.89. The van der Waals surface area contributed by atoms with Gasteiger partial charge in [-0.2, -0.15) is 0 Å². The number of methoxy groups -OCH3 is 3. The van der Waals surface area contributed by atoms with E-state index in [4.69, 9.17) is 9.47 Å². The number of ether oxygens (including phenoxy) is 3. The van der Waals surface area contributed by atoms with Gasteiger partial charge in [0.15, 0.2) is 11.5 Å². The number of rotatable bonds is 4. The number of carbonyl (C=O) groups excluding carboxylic acids is 1. The Labute approximate surface area is 99.2 Å². The third kappa shape index (κ3) is 3.14. The maximum atomic E-state index is 10.9. The van der Waals surface area contributed by atoms with Crippen LogP contribution < -0.4 is 9.47 Å². The molecule has 0 unspecified atom stereocenters. The highest BCUT2D eigenvalue weighted by Crippen LogP contribution is 2.37. The highest BCUT2D eigenvalue weighted by molar-refractivity contribution is 5.87. The van der Waals surface area contributed by atoms with Gasteiger partial charge < -0.3 is 19.3 Å². The van der Waals surface area contributed by atoms with Crippen LogP contribution in [0.15, 0.2) is 18.2 Å². The van der Waals surface area contributed by atoms with Gasteiger partial charge in [-0.05, 0) is 23.8 Å². The van der Waals surface area contributed by atoms with Crippen LogP contribution in [-0.2, 0) is 9.53 Å². The number of carbonyl (C=O) groups is 1. The third-order valence-electron chi connectivity index (χ3n) is 2.12. The summed E-state index contributed by atoms with van der Waals surface area (Å²) in [4.78, 5) is 10.9. The molecule has 5 nitrogen and oxygen atoms in total. The van der Waals surface area contributed by atoms with Crippen LogP contribution in [-0.4, -0.2) is 32.4 Å². The maximum Gasteiger partial charge on any atom is 0.330 e. The van der Waals surface area contributed by atoms with Gasteiger partial charge in [0.05, 0.1) is 21.3 Å². The topological polar surface area (TPSA) is 65.0 Å². The molecule has 0 atom stereocenters. The van der Waals surface area contributed by atoms with Crippen LogP contribution in [0.1, 0.15) is 5.56 Å². The summed E-state index contributed by atoms with van der Waals surface area (Å²) in [5, 5.41) is 9.67. The van der Waals surface area contributed by atoms with Crippen LogP contribution in [0.5, 0.6) is 17.2 Å². The molecule has 5 heteroatoms. The predicted octanol–water partition coefficient (Wildman–Crippen LogP) is 1.60. The Kier molecular flexibility index (Phi) is 4.39. The molecule has 1 aromatic rings. The summed E-state index contributed by atoms with van der Waals surface area (Å²) in [6, 6.07) is 3.16. The number of esters is 1. The number of aromatic hydroxyl groups is 1. The van der Waals surface area contributed by atoms with Crippen LogP contribution >= 0.6 is 0 Å². The van der Waals surface area contributed by atoms with Gasteiger partial charge in [-0.15, -0.1) is 0 Å². The van der Waals surface area contributed by atoms with Crippen molar-refractivity contribution < 1.29 is 24.1 Å². The molecule has 0 aliphatic carbocycles. The zero-order valence-electron chi connectivity index (χ0n) is 9.89. The average Bonchev–Trinajstić information content (AvgIpc) is 2.36. The minimum absolute atomic E-state index is 0.0785. The minimum atomic E-state index is -0.462. The summed E-state index contributed by atoms with van der Waals surface area (Å²) in [6.07, 6.45) is 2.81. The molecule has 17 heavy (non-hydrogen) atoms. The van der Waals surface area contributed by atoms with Crippen LogP contribution in [0.25, 0.3) is 6.08 Å². The summed E-state index contributed by atoms with van der Waals surface area (Å²) in [5.74, 6) is 0.00367. The molecule has 0 bridgehead atoms. The molecule has 0 aromatic heterocycles. The Balaban J connectivity index is 3.09. The minimum Gasteiger partial charge on any atom is -0.502 e. The Morgan fingerprint density at radius 2 is 1.71 bits per heavy atom. The van der Waals surface area contributed by atoms with Crippen molar-refractivity contribution in [1.82, 2.24) is 0 Å². The van der Waals surface area contributed by atoms with Crippen molar-refractivity contribution in [3.05, 3.63) is 23.8 Å². The summed E-state index contributed by atoms with van der Waals surface area (Å²) in [5.41, 5.74) is 0.655. The lowest BCUT2D eigenvalue weighted by molar-refractivity contribution is -0.134. The van der Waals surface area contributed by atoms with Crippen LogP contribution in [0.2, 0.25) is 0 Å². The second-order valence-electron chi connectivity index (χ2n) is 3.13.